The number of hydrogen-bond donors (Lipinski definition) is 1. The third-order valence-corrected chi connectivity index (χ3v) is 6.12. The zero-order chi connectivity index (χ0) is 22.0. The molecule has 2 rings (SSSR count). The van der Waals surface area contributed by atoms with E-state index >= 15 is 0 Å². The number of alkyl halides is 3. The van der Waals surface area contributed by atoms with Gasteiger partial charge in [-0.05, 0) is 29.8 Å². The predicted octanol–water partition coefficient (Wildman–Crippen LogP) is 3.89. The minimum atomic E-state index is -4.92. The van der Waals surface area contributed by atoms with Gasteiger partial charge in [-0.25, -0.2) is 12.8 Å². The van der Waals surface area contributed by atoms with Crippen LogP contribution in [0.3, 0.4) is 0 Å². The highest BCUT2D eigenvalue weighted by atomic mass is 35.5. The highest BCUT2D eigenvalue weighted by Gasteiger charge is 2.35. The van der Waals surface area contributed by atoms with Crippen LogP contribution in [-0.4, -0.2) is 30.7 Å². The van der Waals surface area contributed by atoms with E-state index in [1.54, 1.807) is 0 Å². The van der Waals surface area contributed by atoms with Gasteiger partial charge in [-0.1, -0.05) is 13.0 Å². The fourth-order valence-corrected chi connectivity index (χ4v) is 4.08. The van der Waals surface area contributed by atoms with Crippen LogP contribution >= 0.6 is 12.4 Å². The van der Waals surface area contributed by atoms with Crippen LogP contribution in [0, 0.1) is 15.9 Å². The van der Waals surface area contributed by atoms with Crippen LogP contribution in [0.4, 0.5) is 23.2 Å². The van der Waals surface area contributed by atoms with Gasteiger partial charge in [0.1, 0.15) is 5.82 Å². The van der Waals surface area contributed by atoms with E-state index in [0.717, 1.165) is 34.6 Å². The van der Waals surface area contributed by atoms with Gasteiger partial charge in [-0.15, -0.1) is 12.4 Å². The Morgan fingerprint density at radius 2 is 1.73 bits per heavy atom. The molecule has 0 bridgehead atoms. The monoisotopic (exact) mass is 471 g/mol. The van der Waals surface area contributed by atoms with Crippen molar-refractivity contribution in [2.24, 2.45) is 5.73 Å². The number of nitrogens with two attached hydrogens (primary N) is 1. The summed E-state index contributed by atoms with van der Waals surface area (Å²) in [6, 6.07) is 5.23. The summed E-state index contributed by atoms with van der Waals surface area (Å²) in [5.74, 6) is -1.46. The Hall–Kier alpha value is -2.28. The van der Waals surface area contributed by atoms with E-state index in [4.69, 9.17) is 5.73 Å². The number of hydrogen-bond acceptors (Lipinski definition) is 5. The second kappa shape index (κ2) is 9.69. The van der Waals surface area contributed by atoms with Gasteiger partial charge >= 0.3 is 6.18 Å². The molecule has 0 heterocycles. The van der Waals surface area contributed by atoms with Crippen molar-refractivity contribution in [3.63, 3.8) is 0 Å². The van der Waals surface area contributed by atoms with Crippen molar-refractivity contribution in [1.82, 2.24) is 4.31 Å². The third-order valence-electron chi connectivity index (χ3n) is 4.16. The summed E-state index contributed by atoms with van der Waals surface area (Å²) in [6.07, 6.45) is -4.92. The number of benzene rings is 2. The highest BCUT2D eigenvalue weighted by Crippen LogP contribution is 2.33. The van der Waals surface area contributed by atoms with Crippen LogP contribution in [0.1, 0.15) is 24.1 Å². The fourth-order valence-electron chi connectivity index (χ4n) is 2.60. The largest absolute Gasteiger partial charge is 0.419 e. The number of non-ortho nitro benzene ring substituents is 1. The third kappa shape index (κ3) is 5.65. The molecule has 166 valence electrons. The molecule has 1 atom stereocenters. The van der Waals surface area contributed by atoms with E-state index in [0.29, 0.717) is 12.1 Å². The molecule has 0 fully saturated rings. The van der Waals surface area contributed by atoms with Crippen molar-refractivity contribution in [3.8, 4) is 0 Å². The van der Waals surface area contributed by atoms with Gasteiger partial charge < -0.3 is 5.73 Å². The minimum Gasteiger partial charge on any atom is -0.323 e. The van der Waals surface area contributed by atoms with Gasteiger partial charge in [0.15, 0.2) is 0 Å². The number of sulfonamides is 1. The molecule has 0 saturated carbocycles. The van der Waals surface area contributed by atoms with Crippen LogP contribution in [0.2, 0.25) is 0 Å². The van der Waals surface area contributed by atoms with E-state index in [9.17, 15) is 36.1 Å². The summed E-state index contributed by atoms with van der Waals surface area (Å²) in [5, 5.41) is 10.7. The summed E-state index contributed by atoms with van der Waals surface area (Å²) in [4.78, 5) is 9.79. The average molecular weight is 472 g/mol. The van der Waals surface area contributed by atoms with Gasteiger partial charge in [0.2, 0.25) is 10.0 Å². The maximum Gasteiger partial charge on any atom is 0.419 e. The molecule has 13 heteroatoms. The number of nitro benzene ring substituents is 1. The lowest BCUT2D eigenvalue weighted by atomic mass is 10.0. The lowest BCUT2D eigenvalue weighted by Gasteiger charge is -2.24. The average Bonchev–Trinajstić information content (AvgIpc) is 2.65. The number of nitrogens with zero attached hydrogens (tertiary/aromatic N) is 2. The van der Waals surface area contributed by atoms with Crippen molar-refractivity contribution in [3.05, 3.63) is 69.5 Å². The zero-order valence-electron chi connectivity index (χ0n) is 15.5. The van der Waals surface area contributed by atoms with E-state index in [2.05, 4.69) is 0 Å². The van der Waals surface area contributed by atoms with Crippen molar-refractivity contribution in [1.29, 1.82) is 0 Å². The zero-order valence-corrected chi connectivity index (χ0v) is 17.1. The summed E-state index contributed by atoms with van der Waals surface area (Å²) in [7, 11) is -4.11. The molecule has 0 spiro atoms. The summed E-state index contributed by atoms with van der Waals surface area (Å²) in [5.41, 5.74) is 4.01. The second-order valence-electron chi connectivity index (χ2n) is 6.05. The molecule has 0 amide bonds. The Labute approximate surface area is 176 Å². The molecular weight excluding hydrogens is 454 g/mol. The topological polar surface area (TPSA) is 107 Å². The summed E-state index contributed by atoms with van der Waals surface area (Å²) >= 11 is 0. The van der Waals surface area contributed by atoms with Crippen LogP contribution in [0.5, 0.6) is 0 Å². The van der Waals surface area contributed by atoms with E-state index in [-0.39, 0.29) is 41.6 Å². The first-order valence-corrected chi connectivity index (χ1v) is 9.68. The van der Waals surface area contributed by atoms with Crippen LogP contribution in [0.15, 0.2) is 47.4 Å². The Kier molecular flexibility index (Phi) is 8.32. The molecule has 0 radical (unpaired) electrons. The molecular formula is C17H18ClF4N3O4S. The van der Waals surface area contributed by atoms with E-state index in [1.807, 2.05) is 0 Å². The van der Waals surface area contributed by atoms with Crippen molar-refractivity contribution >= 4 is 28.1 Å². The van der Waals surface area contributed by atoms with Gasteiger partial charge in [-0.3, -0.25) is 10.1 Å². The fraction of sp³-hybridized carbons (Fsp3) is 0.294. The van der Waals surface area contributed by atoms with Crippen molar-refractivity contribution in [2.75, 3.05) is 13.1 Å². The maximum absolute atomic E-state index is 13.4. The molecule has 1 unspecified atom stereocenters. The molecule has 0 saturated heterocycles. The standard InChI is InChI=1S/C17H17F4N3O4S.ClH/c1-2-23(29(27,28)13-6-4-12(5-7-13)24(25)26)10-16(22)11-3-8-15(18)14(9-11)17(19,20)21;/h3-9,16H,2,10,22H2,1H3;1H. The van der Waals surface area contributed by atoms with Gasteiger partial charge in [0.05, 0.1) is 15.4 Å². The molecule has 0 aliphatic heterocycles. The van der Waals surface area contributed by atoms with E-state index < -0.39 is 38.5 Å². The molecule has 0 aromatic heterocycles. The smallest absolute Gasteiger partial charge is 0.323 e. The number of halogens is 5. The molecule has 7 nitrogen and oxygen atoms in total. The maximum atomic E-state index is 13.4. The molecule has 2 N–H and O–H groups in total. The van der Waals surface area contributed by atoms with Gasteiger partial charge in [0.25, 0.3) is 5.69 Å². The van der Waals surface area contributed by atoms with Crippen LogP contribution in [-0.2, 0) is 16.2 Å². The quantitative estimate of drug-likeness (QED) is 0.374. The van der Waals surface area contributed by atoms with Crippen molar-refractivity contribution < 1.29 is 30.9 Å². The molecule has 0 aliphatic rings. The Morgan fingerprint density at radius 3 is 2.20 bits per heavy atom. The number of rotatable bonds is 7. The lowest BCUT2D eigenvalue weighted by molar-refractivity contribution is -0.384. The first kappa shape index (κ1) is 25.8. The first-order chi connectivity index (χ1) is 13.4. The van der Waals surface area contributed by atoms with Crippen molar-refractivity contribution in [2.45, 2.75) is 24.0 Å². The Bertz CT molecular complexity index is 1000. The number of likely N-dealkylation sites (N-methyl/N-ethyl adjacent to an activating group) is 1. The summed E-state index contributed by atoms with van der Waals surface area (Å²) < 4.78 is 78.5. The SMILES string of the molecule is CCN(CC(N)c1ccc(F)c(C(F)(F)F)c1)S(=O)(=O)c1ccc([N+](=O)[O-])cc1.Cl. The molecule has 0 aliphatic carbocycles. The predicted molar refractivity (Wildman–Crippen MR) is 103 cm³/mol. The summed E-state index contributed by atoms with van der Waals surface area (Å²) in [6.45, 7) is 1.07. The lowest BCUT2D eigenvalue weighted by Crippen LogP contribution is -2.37. The molecule has 30 heavy (non-hydrogen) atoms. The molecule has 2 aromatic rings. The van der Waals surface area contributed by atoms with Crippen LogP contribution < -0.4 is 5.73 Å². The Morgan fingerprint density at radius 1 is 1.17 bits per heavy atom. The first-order valence-electron chi connectivity index (χ1n) is 8.24. The number of nitro groups is 1. The van der Waals surface area contributed by atoms with Crippen LogP contribution in [0.25, 0.3) is 0 Å². The normalized spacial score (nSPS) is 13.0. The second-order valence-corrected chi connectivity index (χ2v) is 7.99. The highest BCUT2D eigenvalue weighted by molar-refractivity contribution is 7.89. The minimum absolute atomic E-state index is 0. The molecule has 2 aromatic carbocycles. The van der Waals surface area contributed by atoms with Gasteiger partial charge in [0, 0.05) is 31.3 Å². The Balaban J connectivity index is 0.00000450. The van der Waals surface area contributed by atoms with E-state index in [1.165, 1.54) is 6.92 Å². The van der Waals surface area contributed by atoms with Gasteiger partial charge in [-0.2, -0.15) is 17.5 Å².